The molecule has 118 valence electrons. The van der Waals surface area contributed by atoms with Gasteiger partial charge in [-0.1, -0.05) is 29.8 Å². The molecule has 2 unspecified atom stereocenters. The summed E-state index contributed by atoms with van der Waals surface area (Å²) in [6.45, 7) is 0. The van der Waals surface area contributed by atoms with Crippen LogP contribution in [-0.2, 0) is 19.5 Å². The topological polar surface area (TPSA) is 82.7 Å². The molecule has 0 amide bonds. The van der Waals surface area contributed by atoms with E-state index >= 15 is 0 Å². The zero-order chi connectivity index (χ0) is 16.2. The van der Waals surface area contributed by atoms with E-state index in [1.807, 2.05) is 0 Å². The number of aliphatic hydroxyl groups excluding tert-OH is 1. The number of halogens is 1. The Morgan fingerprint density at radius 2 is 1.87 bits per heavy atom. The second-order valence-electron chi connectivity index (χ2n) is 5.35. The van der Waals surface area contributed by atoms with E-state index in [0.717, 1.165) is 5.52 Å². The Balaban J connectivity index is 1.96. The molecule has 23 heavy (non-hydrogen) atoms. The molecule has 0 radical (unpaired) electrons. The fraction of sp³-hybridized carbons (Fsp3) is 0.125. The molecule has 2 N–H and O–H groups in total. The summed E-state index contributed by atoms with van der Waals surface area (Å²) < 4.78 is 31.3. The van der Waals surface area contributed by atoms with E-state index in [-0.39, 0.29) is 4.90 Å². The predicted octanol–water partition coefficient (Wildman–Crippen LogP) is 2.80. The number of rotatable bonds is 3. The molecular weight excluding hydrogens is 338 g/mol. The molecule has 0 saturated carbocycles. The fourth-order valence-electron chi connectivity index (χ4n) is 2.83. The normalized spacial score (nSPS) is 24.0. The minimum Gasteiger partial charge on any atom is -0.364 e. The van der Waals surface area contributed by atoms with E-state index in [9.17, 15) is 13.5 Å². The first kappa shape index (κ1) is 14.7. The Morgan fingerprint density at radius 3 is 2.52 bits per heavy atom. The Labute approximate surface area is 137 Å². The van der Waals surface area contributed by atoms with Crippen LogP contribution in [0.25, 0.3) is 10.9 Å². The lowest BCUT2D eigenvalue weighted by Crippen LogP contribution is -2.25. The third-order valence-corrected chi connectivity index (χ3v) is 6.47. The minimum atomic E-state index is -3.94. The van der Waals surface area contributed by atoms with Crippen LogP contribution < -0.4 is 0 Å². The highest BCUT2D eigenvalue weighted by atomic mass is 35.5. The zero-order valence-electron chi connectivity index (χ0n) is 11.7. The van der Waals surface area contributed by atoms with Crippen molar-refractivity contribution >= 4 is 32.3 Å². The monoisotopic (exact) mass is 349 g/mol. The predicted molar refractivity (Wildman–Crippen MR) is 85.7 cm³/mol. The van der Waals surface area contributed by atoms with Gasteiger partial charge in [0.1, 0.15) is 0 Å². The summed E-state index contributed by atoms with van der Waals surface area (Å²) in [6.07, 6.45) is 0.114. The van der Waals surface area contributed by atoms with E-state index in [4.69, 9.17) is 16.3 Å². The van der Waals surface area contributed by atoms with Gasteiger partial charge in [-0.25, -0.2) is 8.42 Å². The number of fused-ring (bicyclic) bond motifs is 1. The molecule has 7 heteroatoms. The molecule has 1 aliphatic heterocycles. The van der Waals surface area contributed by atoms with E-state index < -0.39 is 21.1 Å². The second-order valence-corrected chi connectivity index (χ2v) is 7.87. The van der Waals surface area contributed by atoms with Crippen molar-refractivity contribution in [3.63, 3.8) is 0 Å². The van der Waals surface area contributed by atoms with Crippen molar-refractivity contribution in [2.24, 2.45) is 0 Å². The van der Waals surface area contributed by atoms with Gasteiger partial charge in [0.25, 0.3) is 4.93 Å². The highest BCUT2D eigenvalue weighted by Crippen LogP contribution is 2.54. The molecule has 2 aromatic carbocycles. The number of sulfone groups is 1. The lowest BCUT2D eigenvalue weighted by Gasteiger charge is -2.13. The second kappa shape index (κ2) is 4.82. The molecule has 1 fully saturated rings. The molecule has 3 aromatic rings. The first-order chi connectivity index (χ1) is 11.0. The van der Waals surface area contributed by atoms with Crippen LogP contribution in [0.4, 0.5) is 0 Å². The molecule has 1 aromatic heterocycles. The molecule has 5 nitrogen and oxygen atoms in total. The molecule has 2 heterocycles. The maximum absolute atomic E-state index is 13.0. The largest absolute Gasteiger partial charge is 0.364 e. The Bertz CT molecular complexity index is 999. The number of hydrogen-bond donors (Lipinski definition) is 2. The number of nitrogens with one attached hydrogen (secondary N) is 1. The number of aromatic amines is 1. The molecule has 0 bridgehead atoms. The van der Waals surface area contributed by atoms with E-state index in [0.29, 0.717) is 16.0 Å². The van der Waals surface area contributed by atoms with Crippen molar-refractivity contribution in [1.29, 1.82) is 0 Å². The van der Waals surface area contributed by atoms with Gasteiger partial charge in [0.15, 0.2) is 0 Å². The Kier molecular flexibility index (Phi) is 3.08. The van der Waals surface area contributed by atoms with E-state index in [2.05, 4.69) is 4.98 Å². The van der Waals surface area contributed by atoms with Gasteiger partial charge < -0.3 is 14.8 Å². The van der Waals surface area contributed by atoms with Crippen molar-refractivity contribution in [2.75, 3.05) is 0 Å². The van der Waals surface area contributed by atoms with Gasteiger partial charge in [0, 0.05) is 27.7 Å². The fourth-order valence-corrected chi connectivity index (χ4v) is 4.80. The van der Waals surface area contributed by atoms with E-state index in [1.165, 1.54) is 18.3 Å². The number of epoxide rings is 1. The number of benzene rings is 2. The number of aliphatic hydroxyl groups is 1. The van der Waals surface area contributed by atoms with Crippen LogP contribution in [0.3, 0.4) is 0 Å². The summed E-state index contributed by atoms with van der Waals surface area (Å²) in [6, 6.07) is 13.0. The third-order valence-electron chi connectivity index (χ3n) is 4.03. The Morgan fingerprint density at radius 1 is 1.17 bits per heavy atom. The Hall–Kier alpha value is -1.86. The average molecular weight is 350 g/mol. The quantitative estimate of drug-likeness (QED) is 0.712. The first-order valence-corrected chi connectivity index (χ1v) is 8.75. The van der Waals surface area contributed by atoms with Crippen LogP contribution in [0, 0.1) is 0 Å². The molecule has 1 saturated heterocycles. The SMILES string of the molecule is O=S(=O)(c1ccccc1)C1(c2c[nH]c3ccc(Cl)cc23)OC1O. The molecule has 4 rings (SSSR count). The van der Waals surface area contributed by atoms with Crippen molar-refractivity contribution in [2.45, 2.75) is 16.1 Å². The molecule has 0 spiro atoms. The maximum Gasteiger partial charge on any atom is 0.254 e. The summed E-state index contributed by atoms with van der Waals surface area (Å²) in [4.78, 5) is 1.27. The summed E-state index contributed by atoms with van der Waals surface area (Å²) in [5.74, 6) is 0. The van der Waals surface area contributed by atoms with Gasteiger partial charge in [-0.05, 0) is 30.3 Å². The van der Waals surface area contributed by atoms with Crippen LogP contribution >= 0.6 is 11.6 Å². The number of H-pyrrole nitrogens is 1. The van der Waals surface area contributed by atoms with Crippen molar-refractivity contribution < 1.29 is 18.3 Å². The van der Waals surface area contributed by atoms with Crippen LogP contribution in [-0.4, -0.2) is 24.8 Å². The summed E-state index contributed by atoms with van der Waals surface area (Å²) >= 11 is 6.02. The molecular formula is C16H12ClNO4S. The summed E-state index contributed by atoms with van der Waals surface area (Å²) in [7, 11) is -3.94. The van der Waals surface area contributed by atoms with Gasteiger partial charge in [0.2, 0.25) is 16.1 Å². The van der Waals surface area contributed by atoms with Crippen LogP contribution in [0.15, 0.2) is 59.6 Å². The maximum atomic E-state index is 13.0. The number of hydrogen-bond acceptors (Lipinski definition) is 4. The molecule has 1 aliphatic rings. The standard InChI is InChI=1S/C16H12ClNO4S/c17-10-6-7-14-12(8-10)13(9-18-14)16(15(19)22-16)23(20,21)11-4-2-1-3-5-11/h1-9,15,18-19H. The van der Waals surface area contributed by atoms with Gasteiger partial charge in [0.05, 0.1) is 4.90 Å². The highest BCUT2D eigenvalue weighted by Gasteiger charge is 2.68. The molecule has 0 aliphatic carbocycles. The number of ether oxygens (including phenoxy) is 1. The van der Waals surface area contributed by atoms with Gasteiger partial charge in [-0.3, -0.25) is 0 Å². The smallest absolute Gasteiger partial charge is 0.254 e. The van der Waals surface area contributed by atoms with Crippen molar-refractivity contribution in [3.05, 3.63) is 65.3 Å². The zero-order valence-corrected chi connectivity index (χ0v) is 13.3. The van der Waals surface area contributed by atoms with Crippen molar-refractivity contribution in [1.82, 2.24) is 4.98 Å². The van der Waals surface area contributed by atoms with E-state index in [1.54, 1.807) is 36.4 Å². The summed E-state index contributed by atoms with van der Waals surface area (Å²) in [5.41, 5.74) is 1.07. The van der Waals surface area contributed by atoms with Crippen LogP contribution in [0.2, 0.25) is 5.02 Å². The average Bonchev–Trinajstić information content (AvgIpc) is 3.06. The van der Waals surface area contributed by atoms with Crippen molar-refractivity contribution in [3.8, 4) is 0 Å². The van der Waals surface area contributed by atoms with Crippen LogP contribution in [0.5, 0.6) is 0 Å². The summed E-state index contributed by atoms with van der Waals surface area (Å²) in [5, 5.41) is 11.1. The highest BCUT2D eigenvalue weighted by molar-refractivity contribution is 7.92. The third kappa shape index (κ3) is 1.96. The van der Waals surface area contributed by atoms with Gasteiger partial charge in [-0.15, -0.1) is 0 Å². The first-order valence-electron chi connectivity index (χ1n) is 6.89. The minimum absolute atomic E-state index is 0.0907. The molecule has 2 atom stereocenters. The van der Waals surface area contributed by atoms with Gasteiger partial charge >= 0.3 is 0 Å². The number of aromatic nitrogens is 1. The van der Waals surface area contributed by atoms with Gasteiger partial charge in [-0.2, -0.15) is 0 Å². The lowest BCUT2D eigenvalue weighted by molar-refractivity contribution is 0.155. The van der Waals surface area contributed by atoms with Crippen LogP contribution in [0.1, 0.15) is 5.56 Å². The lowest BCUT2D eigenvalue weighted by atomic mass is 10.1.